The van der Waals surface area contributed by atoms with Gasteiger partial charge in [0.05, 0.1) is 5.39 Å². The average molecular weight is 318 g/mol. The van der Waals surface area contributed by atoms with Crippen molar-refractivity contribution in [2.75, 3.05) is 11.9 Å². The molecule has 0 amide bonds. The molecule has 1 aromatic carbocycles. The van der Waals surface area contributed by atoms with E-state index in [4.69, 9.17) is 11.6 Å². The van der Waals surface area contributed by atoms with Crippen LogP contribution >= 0.6 is 22.9 Å². The van der Waals surface area contributed by atoms with E-state index in [-0.39, 0.29) is 10.7 Å². The van der Waals surface area contributed by atoms with E-state index >= 15 is 0 Å². The van der Waals surface area contributed by atoms with E-state index < -0.39 is 0 Å². The number of aromatic nitrogens is 2. The summed E-state index contributed by atoms with van der Waals surface area (Å²) >= 11 is 7.56. The Hall–Kier alpha value is -1.65. The number of anilines is 1. The summed E-state index contributed by atoms with van der Waals surface area (Å²) in [5.41, 5.74) is 1.29. The lowest BCUT2D eigenvalue weighted by Crippen LogP contribution is -2.27. The number of rotatable bonds is 4. The second kappa shape index (κ2) is 5.62. The number of halogens is 1. The zero-order chi connectivity index (χ0) is 14.9. The summed E-state index contributed by atoms with van der Waals surface area (Å²) in [6.07, 6.45) is 0. The van der Waals surface area contributed by atoms with Gasteiger partial charge in [-0.3, -0.25) is 0 Å². The van der Waals surface area contributed by atoms with Gasteiger partial charge in [0.2, 0.25) is 5.28 Å². The van der Waals surface area contributed by atoms with Gasteiger partial charge >= 0.3 is 0 Å². The van der Waals surface area contributed by atoms with Crippen molar-refractivity contribution in [2.45, 2.75) is 19.3 Å². The maximum Gasteiger partial charge on any atom is 0.225 e. The molecule has 0 saturated carbocycles. The van der Waals surface area contributed by atoms with Crippen LogP contribution in [0, 0.1) is 0 Å². The van der Waals surface area contributed by atoms with Crippen LogP contribution in [0.3, 0.4) is 0 Å². The third-order valence-electron chi connectivity index (χ3n) is 3.55. The first-order chi connectivity index (χ1) is 10.1. The Morgan fingerprint density at radius 2 is 1.90 bits per heavy atom. The maximum absolute atomic E-state index is 5.99. The van der Waals surface area contributed by atoms with Crippen molar-refractivity contribution < 1.29 is 0 Å². The summed E-state index contributed by atoms with van der Waals surface area (Å²) in [6, 6.07) is 12.5. The summed E-state index contributed by atoms with van der Waals surface area (Å²) in [4.78, 5) is 9.46. The minimum Gasteiger partial charge on any atom is -0.369 e. The largest absolute Gasteiger partial charge is 0.369 e. The van der Waals surface area contributed by atoms with E-state index in [1.165, 1.54) is 5.56 Å². The molecule has 3 aromatic rings. The van der Waals surface area contributed by atoms with Crippen molar-refractivity contribution in [3.63, 3.8) is 0 Å². The number of benzene rings is 1. The maximum atomic E-state index is 5.99. The molecule has 0 spiro atoms. The molecule has 2 heterocycles. The number of nitrogens with one attached hydrogen (secondary N) is 1. The lowest BCUT2D eigenvalue weighted by atomic mass is 9.84. The molecule has 2 aromatic heterocycles. The van der Waals surface area contributed by atoms with Gasteiger partial charge < -0.3 is 5.32 Å². The van der Waals surface area contributed by atoms with E-state index in [1.54, 1.807) is 11.3 Å². The van der Waals surface area contributed by atoms with Gasteiger partial charge in [-0.1, -0.05) is 44.2 Å². The van der Waals surface area contributed by atoms with Crippen molar-refractivity contribution >= 4 is 39.0 Å². The molecule has 0 aliphatic heterocycles. The number of fused-ring (bicyclic) bond motifs is 1. The van der Waals surface area contributed by atoms with Gasteiger partial charge in [0, 0.05) is 12.0 Å². The first-order valence-electron chi connectivity index (χ1n) is 6.76. The van der Waals surface area contributed by atoms with Crippen LogP contribution in [0.1, 0.15) is 19.4 Å². The zero-order valence-electron chi connectivity index (χ0n) is 11.9. The predicted octanol–water partition coefficient (Wildman–Crippen LogP) is 4.73. The molecule has 0 aliphatic rings. The van der Waals surface area contributed by atoms with Gasteiger partial charge in [0.1, 0.15) is 10.6 Å². The summed E-state index contributed by atoms with van der Waals surface area (Å²) < 4.78 is 0. The van der Waals surface area contributed by atoms with E-state index in [2.05, 4.69) is 53.4 Å². The molecular weight excluding hydrogens is 302 g/mol. The minimum absolute atomic E-state index is 0.00102. The van der Waals surface area contributed by atoms with E-state index in [9.17, 15) is 0 Å². The molecular formula is C16H16ClN3S. The molecule has 3 rings (SSSR count). The monoisotopic (exact) mass is 317 g/mol. The van der Waals surface area contributed by atoms with Crippen molar-refractivity contribution in [1.82, 2.24) is 9.97 Å². The minimum atomic E-state index is 0.00102. The molecule has 3 nitrogen and oxygen atoms in total. The number of nitrogens with zero attached hydrogens (tertiary/aromatic N) is 2. The van der Waals surface area contributed by atoms with Crippen LogP contribution in [0.15, 0.2) is 41.8 Å². The van der Waals surface area contributed by atoms with Crippen LogP contribution in [0.2, 0.25) is 5.28 Å². The Labute approximate surface area is 133 Å². The SMILES string of the molecule is CC(C)(CNc1nc(Cl)nc2sccc12)c1ccccc1. The summed E-state index contributed by atoms with van der Waals surface area (Å²) in [6.45, 7) is 5.20. The fourth-order valence-corrected chi connectivity index (χ4v) is 3.24. The van der Waals surface area contributed by atoms with Gasteiger partial charge in [-0.15, -0.1) is 11.3 Å². The Kier molecular flexibility index (Phi) is 3.83. The Balaban J connectivity index is 1.85. The topological polar surface area (TPSA) is 37.8 Å². The molecule has 0 fully saturated rings. The van der Waals surface area contributed by atoms with Crippen LogP contribution in [-0.4, -0.2) is 16.5 Å². The summed E-state index contributed by atoms with van der Waals surface area (Å²) in [7, 11) is 0. The average Bonchev–Trinajstić information content (AvgIpc) is 2.94. The Morgan fingerprint density at radius 1 is 1.14 bits per heavy atom. The Morgan fingerprint density at radius 3 is 2.67 bits per heavy atom. The van der Waals surface area contributed by atoms with E-state index in [0.717, 1.165) is 22.6 Å². The fourth-order valence-electron chi connectivity index (χ4n) is 2.26. The van der Waals surface area contributed by atoms with Crippen LogP contribution < -0.4 is 5.32 Å². The van der Waals surface area contributed by atoms with Gasteiger partial charge in [-0.25, -0.2) is 9.97 Å². The first kappa shape index (κ1) is 14.3. The third kappa shape index (κ3) is 3.01. The molecule has 1 N–H and O–H groups in total. The Bertz CT molecular complexity index is 753. The van der Waals surface area contributed by atoms with Crippen LogP contribution in [0.5, 0.6) is 0 Å². The molecule has 108 valence electrons. The standard InChI is InChI=1S/C16H16ClN3S/c1-16(2,11-6-4-3-5-7-11)10-18-13-12-8-9-21-14(12)20-15(17)19-13/h3-9H,10H2,1-2H3,(H,18,19,20). The van der Waals surface area contributed by atoms with Gasteiger partial charge in [0.15, 0.2) is 0 Å². The molecule has 0 atom stereocenters. The zero-order valence-corrected chi connectivity index (χ0v) is 13.5. The highest BCUT2D eigenvalue weighted by Gasteiger charge is 2.21. The van der Waals surface area contributed by atoms with Crippen molar-refractivity contribution in [1.29, 1.82) is 0 Å². The highest BCUT2D eigenvalue weighted by molar-refractivity contribution is 7.16. The van der Waals surface area contributed by atoms with Gasteiger partial charge in [-0.05, 0) is 28.6 Å². The molecule has 0 saturated heterocycles. The van der Waals surface area contributed by atoms with Crippen molar-refractivity contribution in [2.24, 2.45) is 0 Å². The number of hydrogen-bond acceptors (Lipinski definition) is 4. The fraction of sp³-hybridized carbons (Fsp3) is 0.250. The number of hydrogen-bond donors (Lipinski definition) is 1. The summed E-state index contributed by atoms with van der Waals surface area (Å²) in [5.74, 6) is 0.801. The predicted molar refractivity (Wildman–Crippen MR) is 90.4 cm³/mol. The molecule has 0 aliphatic carbocycles. The van der Waals surface area contributed by atoms with Crippen molar-refractivity contribution in [3.05, 3.63) is 52.6 Å². The first-order valence-corrected chi connectivity index (χ1v) is 8.02. The van der Waals surface area contributed by atoms with Crippen LogP contribution in [-0.2, 0) is 5.41 Å². The van der Waals surface area contributed by atoms with E-state index in [1.807, 2.05) is 17.5 Å². The highest BCUT2D eigenvalue weighted by Crippen LogP contribution is 2.28. The van der Waals surface area contributed by atoms with Gasteiger partial charge in [0.25, 0.3) is 0 Å². The second-order valence-electron chi connectivity index (χ2n) is 5.58. The molecule has 0 unspecified atom stereocenters. The molecule has 0 radical (unpaired) electrons. The lowest BCUT2D eigenvalue weighted by Gasteiger charge is -2.26. The van der Waals surface area contributed by atoms with Crippen LogP contribution in [0.4, 0.5) is 5.82 Å². The van der Waals surface area contributed by atoms with Crippen molar-refractivity contribution in [3.8, 4) is 0 Å². The normalized spacial score (nSPS) is 11.8. The van der Waals surface area contributed by atoms with Crippen LogP contribution in [0.25, 0.3) is 10.2 Å². The lowest BCUT2D eigenvalue weighted by molar-refractivity contribution is 0.556. The van der Waals surface area contributed by atoms with E-state index in [0.29, 0.717) is 0 Å². The number of thiophene rings is 1. The second-order valence-corrected chi connectivity index (χ2v) is 6.82. The smallest absolute Gasteiger partial charge is 0.225 e. The third-order valence-corrected chi connectivity index (χ3v) is 4.53. The molecule has 5 heteroatoms. The summed E-state index contributed by atoms with van der Waals surface area (Å²) in [5, 5.41) is 6.73. The highest BCUT2D eigenvalue weighted by atomic mass is 35.5. The van der Waals surface area contributed by atoms with Gasteiger partial charge in [-0.2, -0.15) is 0 Å². The quantitative estimate of drug-likeness (QED) is 0.707. The molecule has 21 heavy (non-hydrogen) atoms. The molecule has 0 bridgehead atoms.